The van der Waals surface area contributed by atoms with Crippen molar-refractivity contribution < 1.29 is 42.7 Å². The first kappa shape index (κ1) is 54.9. The van der Waals surface area contributed by atoms with Crippen LogP contribution < -0.4 is 5.73 Å². The number of aliphatic carboxylic acids is 1. The molecule has 57 heavy (non-hydrogen) atoms. The highest BCUT2D eigenvalue weighted by Crippen LogP contribution is 2.43. The third kappa shape index (κ3) is 41.9. The molecular formula is C46H84NO9P. The highest BCUT2D eigenvalue weighted by Gasteiger charge is 2.27. The molecule has 0 bridgehead atoms. The standard InChI is InChI=1S/C46H84NO9P/c1-3-5-7-9-11-13-15-17-19-21-22-23-24-26-28-30-32-34-36-38-45(48)56-43(41-54-57(51,52)55-42-44(47)46(49)50)40-53-39-37-35-33-31-29-27-25-20-18-16-14-12-10-8-6-4-2/h6,8,12,14,18,20,27,29,43-44H,3-5,7,9-11,13,15-17,19,21-26,28,30-42,47H2,1-2H3,(H,49,50)(H,51,52)/b8-6-,14-12-,20-18-,29-27-. The molecule has 0 heterocycles. The van der Waals surface area contributed by atoms with Gasteiger partial charge in [-0.25, -0.2) is 4.57 Å². The molecule has 0 aliphatic heterocycles. The van der Waals surface area contributed by atoms with Crippen LogP contribution in [-0.2, 0) is 32.7 Å². The number of phosphoric ester groups is 1. The number of hydrogen-bond donors (Lipinski definition) is 3. The van der Waals surface area contributed by atoms with E-state index in [0.29, 0.717) is 13.0 Å². The zero-order valence-corrected chi connectivity index (χ0v) is 37.1. The highest BCUT2D eigenvalue weighted by molar-refractivity contribution is 7.47. The van der Waals surface area contributed by atoms with Gasteiger partial charge in [0.15, 0.2) is 0 Å². The van der Waals surface area contributed by atoms with Gasteiger partial charge in [0.2, 0.25) is 0 Å². The predicted octanol–water partition coefficient (Wildman–Crippen LogP) is 12.6. The number of rotatable bonds is 43. The summed E-state index contributed by atoms with van der Waals surface area (Å²) in [5, 5.41) is 8.90. The number of esters is 1. The first-order chi connectivity index (χ1) is 27.7. The van der Waals surface area contributed by atoms with Crippen LogP contribution >= 0.6 is 7.82 Å². The fraction of sp³-hybridized carbons (Fsp3) is 0.783. The first-order valence-electron chi connectivity index (χ1n) is 22.7. The maximum Gasteiger partial charge on any atom is 0.472 e. The average Bonchev–Trinajstić information content (AvgIpc) is 3.19. The second kappa shape index (κ2) is 42.1. The van der Waals surface area contributed by atoms with E-state index in [2.05, 4.69) is 62.5 Å². The molecule has 0 aliphatic rings. The second-order valence-electron chi connectivity index (χ2n) is 15.2. The summed E-state index contributed by atoms with van der Waals surface area (Å²) < 4.78 is 33.3. The molecule has 0 aromatic heterocycles. The van der Waals surface area contributed by atoms with Gasteiger partial charge in [0, 0.05) is 13.0 Å². The van der Waals surface area contributed by atoms with E-state index >= 15 is 0 Å². The summed E-state index contributed by atoms with van der Waals surface area (Å²) >= 11 is 0. The number of carboxylic acids is 1. The van der Waals surface area contributed by atoms with Gasteiger partial charge in [0.1, 0.15) is 12.1 Å². The molecule has 10 nitrogen and oxygen atoms in total. The summed E-state index contributed by atoms with van der Waals surface area (Å²) in [6.45, 7) is 3.71. The molecule has 3 unspecified atom stereocenters. The van der Waals surface area contributed by atoms with Crippen molar-refractivity contribution in [2.45, 2.75) is 206 Å². The number of ether oxygens (including phenoxy) is 2. The van der Waals surface area contributed by atoms with Gasteiger partial charge in [-0.3, -0.25) is 18.6 Å². The molecule has 0 aromatic carbocycles. The summed E-state index contributed by atoms with van der Waals surface area (Å²) in [5.74, 6) is -1.79. The lowest BCUT2D eigenvalue weighted by Gasteiger charge is -2.20. The van der Waals surface area contributed by atoms with Crippen LogP contribution in [0.3, 0.4) is 0 Å². The fourth-order valence-electron chi connectivity index (χ4n) is 6.12. The van der Waals surface area contributed by atoms with Crippen LogP contribution in [0, 0.1) is 0 Å². The molecule has 0 aromatic rings. The van der Waals surface area contributed by atoms with E-state index in [-0.39, 0.29) is 13.0 Å². The molecule has 0 saturated carbocycles. The van der Waals surface area contributed by atoms with Crippen LogP contribution in [0.15, 0.2) is 48.6 Å². The largest absolute Gasteiger partial charge is 0.480 e. The van der Waals surface area contributed by atoms with Crippen molar-refractivity contribution in [2.75, 3.05) is 26.4 Å². The van der Waals surface area contributed by atoms with Crippen LogP contribution in [0.25, 0.3) is 0 Å². The fourth-order valence-corrected chi connectivity index (χ4v) is 6.90. The lowest BCUT2D eigenvalue weighted by atomic mass is 10.0. The molecule has 332 valence electrons. The number of hydrogen-bond acceptors (Lipinski definition) is 8. The molecule has 0 spiro atoms. The molecular weight excluding hydrogens is 741 g/mol. The Balaban J connectivity index is 4.24. The van der Waals surface area contributed by atoms with Crippen molar-refractivity contribution >= 4 is 19.8 Å². The monoisotopic (exact) mass is 826 g/mol. The Bertz CT molecular complexity index is 1090. The third-order valence-corrected chi connectivity index (χ3v) is 10.6. The van der Waals surface area contributed by atoms with Crippen molar-refractivity contribution in [3.05, 3.63) is 48.6 Å². The van der Waals surface area contributed by atoms with Crippen LogP contribution in [0.4, 0.5) is 0 Å². The second-order valence-corrected chi connectivity index (χ2v) is 16.6. The summed E-state index contributed by atoms with van der Waals surface area (Å²) in [6, 6.07) is -1.48. The minimum Gasteiger partial charge on any atom is -0.480 e. The number of carboxylic acid groups (broad SMARTS) is 1. The predicted molar refractivity (Wildman–Crippen MR) is 235 cm³/mol. The number of carbonyl (C=O) groups excluding carboxylic acids is 1. The Morgan fingerprint density at radius 2 is 1.02 bits per heavy atom. The van der Waals surface area contributed by atoms with Gasteiger partial charge in [-0.2, -0.15) is 0 Å². The Hall–Kier alpha value is -2.07. The zero-order chi connectivity index (χ0) is 41.9. The summed E-state index contributed by atoms with van der Waals surface area (Å²) in [5.41, 5.74) is 5.36. The van der Waals surface area contributed by atoms with Crippen LogP contribution in [-0.4, -0.2) is 60.5 Å². The average molecular weight is 826 g/mol. The number of phosphoric acid groups is 1. The molecule has 0 amide bonds. The van der Waals surface area contributed by atoms with Gasteiger partial charge in [0.05, 0.1) is 19.8 Å². The summed E-state index contributed by atoms with van der Waals surface area (Å²) in [6.07, 6.45) is 48.8. The van der Waals surface area contributed by atoms with Crippen molar-refractivity contribution in [2.24, 2.45) is 5.73 Å². The van der Waals surface area contributed by atoms with Crippen molar-refractivity contribution in [1.29, 1.82) is 0 Å². The highest BCUT2D eigenvalue weighted by atomic mass is 31.2. The lowest BCUT2D eigenvalue weighted by Crippen LogP contribution is -2.34. The Kier molecular flexibility index (Phi) is 40.5. The SMILES string of the molecule is CC/C=C\C/C=C\C/C=C\C/C=C\CCCCCOCC(COP(=O)(O)OCC(N)C(=O)O)OC(=O)CCCCCCCCCCCCCCCCCCCCC. The maximum atomic E-state index is 12.6. The number of nitrogens with two attached hydrogens (primary N) is 1. The van der Waals surface area contributed by atoms with E-state index in [4.69, 9.17) is 29.4 Å². The smallest absolute Gasteiger partial charge is 0.472 e. The van der Waals surface area contributed by atoms with Gasteiger partial charge >= 0.3 is 19.8 Å². The molecule has 0 radical (unpaired) electrons. The topological polar surface area (TPSA) is 155 Å². The molecule has 4 N–H and O–H groups in total. The Labute approximate surface area is 348 Å². The van der Waals surface area contributed by atoms with E-state index in [9.17, 15) is 19.0 Å². The third-order valence-electron chi connectivity index (χ3n) is 9.62. The lowest BCUT2D eigenvalue weighted by molar-refractivity contribution is -0.154. The molecule has 11 heteroatoms. The number of allylic oxidation sites excluding steroid dienone is 8. The van der Waals surface area contributed by atoms with Crippen LogP contribution in [0.2, 0.25) is 0 Å². The van der Waals surface area contributed by atoms with Crippen molar-refractivity contribution in [3.8, 4) is 0 Å². The maximum absolute atomic E-state index is 12.6. The van der Waals surface area contributed by atoms with Crippen molar-refractivity contribution in [3.63, 3.8) is 0 Å². The van der Waals surface area contributed by atoms with Crippen molar-refractivity contribution in [1.82, 2.24) is 0 Å². The van der Waals surface area contributed by atoms with E-state index in [1.165, 1.54) is 103 Å². The molecule has 0 fully saturated rings. The van der Waals surface area contributed by atoms with Gasteiger partial charge in [-0.1, -0.05) is 184 Å². The molecule has 0 rings (SSSR count). The van der Waals surface area contributed by atoms with Gasteiger partial charge in [-0.05, 0) is 51.4 Å². The van der Waals surface area contributed by atoms with E-state index in [1.807, 2.05) is 0 Å². The molecule has 0 saturated heterocycles. The molecule has 3 atom stereocenters. The zero-order valence-electron chi connectivity index (χ0n) is 36.2. The summed E-state index contributed by atoms with van der Waals surface area (Å²) in [4.78, 5) is 33.6. The minimum atomic E-state index is -4.63. The Morgan fingerprint density at radius 1 is 0.579 bits per heavy atom. The summed E-state index contributed by atoms with van der Waals surface area (Å²) in [7, 11) is -4.63. The van der Waals surface area contributed by atoms with Crippen LogP contribution in [0.5, 0.6) is 0 Å². The van der Waals surface area contributed by atoms with Gasteiger partial charge in [0.25, 0.3) is 0 Å². The van der Waals surface area contributed by atoms with Crippen LogP contribution in [0.1, 0.15) is 194 Å². The Morgan fingerprint density at radius 3 is 1.51 bits per heavy atom. The van der Waals surface area contributed by atoms with Gasteiger partial charge < -0.3 is 25.2 Å². The first-order valence-corrected chi connectivity index (χ1v) is 24.2. The normalized spacial score (nSPS) is 14.3. The van der Waals surface area contributed by atoms with E-state index in [0.717, 1.165) is 64.2 Å². The number of carbonyl (C=O) groups is 2. The van der Waals surface area contributed by atoms with Gasteiger partial charge in [-0.15, -0.1) is 0 Å². The molecule has 0 aliphatic carbocycles. The van der Waals surface area contributed by atoms with E-state index < -0.39 is 45.1 Å². The minimum absolute atomic E-state index is 0.00353. The number of unbranched alkanes of at least 4 members (excludes halogenated alkanes) is 21. The van der Waals surface area contributed by atoms with E-state index in [1.54, 1.807) is 0 Å². The quantitative estimate of drug-likeness (QED) is 0.0234.